The quantitative estimate of drug-likeness (QED) is 0.673. The van der Waals surface area contributed by atoms with Gasteiger partial charge in [0.25, 0.3) is 0 Å². The number of rotatable bonds is 9. The van der Waals surface area contributed by atoms with Crippen molar-refractivity contribution in [2.45, 2.75) is 34.1 Å². The molecule has 0 saturated carbocycles. The summed E-state index contributed by atoms with van der Waals surface area (Å²) in [5.74, 6) is 1.35. The Hall–Kier alpha value is -0.910. The van der Waals surface area contributed by atoms with Crippen LogP contribution < -0.4 is 0 Å². The maximum Gasteiger partial charge on any atom is 0.236 e. The smallest absolute Gasteiger partial charge is 0.236 e. The second-order valence-corrected chi connectivity index (χ2v) is 9.07. The molecule has 0 bridgehead atoms. The average molecular weight is 366 g/mol. The zero-order valence-corrected chi connectivity index (χ0v) is 17.2. The number of carbonyl (C=O) groups is 1. The molecule has 1 aliphatic heterocycles. The molecule has 2 heterocycles. The molecule has 0 aromatic carbocycles. The van der Waals surface area contributed by atoms with Crippen molar-refractivity contribution in [3.63, 3.8) is 0 Å². The first-order valence-corrected chi connectivity index (χ1v) is 10.6. The van der Waals surface area contributed by atoms with Crippen molar-refractivity contribution in [3.05, 3.63) is 22.4 Å². The van der Waals surface area contributed by atoms with Gasteiger partial charge < -0.3 is 9.80 Å². The maximum atomic E-state index is 12.7. The normalized spacial score (nSPS) is 16.7. The Labute approximate surface area is 157 Å². The van der Waals surface area contributed by atoms with E-state index < -0.39 is 0 Å². The van der Waals surface area contributed by atoms with Gasteiger partial charge in [-0.3, -0.25) is 9.69 Å². The Balaban J connectivity index is 1.72. The van der Waals surface area contributed by atoms with Gasteiger partial charge in [0.2, 0.25) is 5.91 Å². The van der Waals surface area contributed by atoms with Crippen LogP contribution in [0.1, 0.15) is 32.6 Å². The number of carbonyl (C=O) groups excluding carboxylic acids is 1. The third kappa shape index (κ3) is 7.47. The summed E-state index contributed by atoms with van der Waals surface area (Å²) in [6.45, 7) is 16.4. The molecule has 1 fully saturated rings. The summed E-state index contributed by atoms with van der Waals surface area (Å²) in [6, 6.07) is 4.35. The lowest BCUT2D eigenvalue weighted by Gasteiger charge is -2.36. The van der Waals surface area contributed by atoms with E-state index in [1.807, 2.05) is 11.3 Å². The molecule has 0 radical (unpaired) electrons. The molecule has 0 aliphatic carbocycles. The summed E-state index contributed by atoms with van der Waals surface area (Å²) in [5, 5.41) is 2.15. The monoisotopic (exact) mass is 365 g/mol. The average Bonchev–Trinajstić information content (AvgIpc) is 3.06. The maximum absolute atomic E-state index is 12.7. The summed E-state index contributed by atoms with van der Waals surface area (Å²) in [7, 11) is 0. The zero-order chi connectivity index (χ0) is 18.2. The van der Waals surface area contributed by atoms with Crippen LogP contribution in [0, 0.1) is 11.8 Å². The van der Waals surface area contributed by atoms with Gasteiger partial charge in [-0.05, 0) is 29.7 Å². The van der Waals surface area contributed by atoms with E-state index in [0.29, 0.717) is 24.3 Å². The van der Waals surface area contributed by atoms with Crippen molar-refractivity contribution < 1.29 is 4.79 Å². The molecule has 0 N–H and O–H groups in total. The standard InChI is InChI=1S/C20H35N3OS/c1-17(2)14-23(15-18(3)4)20(24)16-22-11-9-21(10-12-22)8-7-19-6-5-13-25-19/h5-6,13,17-18H,7-12,14-16H2,1-4H3. The van der Waals surface area contributed by atoms with Crippen LogP contribution in [-0.4, -0.2) is 73.0 Å². The van der Waals surface area contributed by atoms with Crippen molar-refractivity contribution in [2.24, 2.45) is 11.8 Å². The molecule has 5 heteroatoms. The predicted molar refractivity (Wildman–Crippen MR) is 107 cm³/mol. The summed E-state index contributed by atoms with van der Waals surface area (Å²) in [5.41, 5.74) is 0. The van der Waals surface area contributed by atoms with Crippen molar-refractivity contribution in [2.75, 3.05) is 52.4 Å². The first-order chi connectivity index (χ1) is 11.9. The fraction of sp³-hybridized carbons (Fsp3) is 0.750. The van der Waals surface area contributed by atoms with Crippen LogP contribution in [0.15, 0.2) is 17.5 Å². The van der Waals surface area contributed by atoms with E-state index in [4.69, 9.17) is 0 Å². The number of hydrogen-bond acceptors (Lipinski definition) is 4. The minimum Gasteiger partial charge on any atom is -0.341 e. The molecular formula is C20H35N3OS. The summed E-state index contributed by atoms with van der Waals surface area (Å²) >= 11 is 1.85. The van der Waals surface area contributed by atoms with Gasteiger partial charge in [-0.1, -0.05) is 33.8 Å². The lowest BCUT2D eigenvalue weighted by molar-refractivity contribution is -0.134. The first kappa shape index (κ1) is 20.4. The number of amides is 1. The summed E-state index contributed by atoms with van der Waals surface area (Å²) < 4.78 is 0. The lowest BCUT2D eigenvalue weighted by atomic mass is 10.1. The topological polar surface area (TPSA) is 26.8 Å². The molecule has 0 atom stereocenters. The molecule has 2 rings (SSSR count). The van der Waals surface area contributed by atoms with Crippen LogP contribution >= 0.6 is 11.3 Å². The molecule has 1 aromatic rings. The minimum atomic E-state index is 0.300. The summed E-state index contributed by atoms with van der Waals surface area (Å²) in [4.78, 5) is 21.1. The van der Waals surface area contributed by atoms with Crippen molar-refractivity contribution in [3.8, 4) is 0 Å². The fourth-order valence-electron chi connectivity index (χ4n) is 3.35. The molecule has 1 saturated heterocycles. The number of hydrogen-bond donors (Lipinski definition) is 0. The van der Waals surface area contributed by atoms with Gasteiger partial charge in [0.15, 0.2) is 0 Å². The van der Waals surface area contributed by atoms with Crippen LogP contribution in [0.3, 0.4) is 0 Å². The van der Waals surface area contributed by atoms with Gasteiger partial charge in [-0.2, -0.15) is 0 Å². The third-order valence-corrected chi connectivity index (χ3v) is 5.54. The Morgan fingerprint density at radius 3 is 2.20 bits per heavy atom. The van der Waals surface area contributed by atoms with Gasteiger partial charge in [0, 0.05) is 50.7 Å². The Morgan fingerprint density at radius 2 is 1.68 bits per heavy atom. The van der Waals surface area contributed by atoms with E-state index in [2.05, 4.69) is 59.9 Å². The van der Waals surface area contributed by atoms with Gasteiger partial charge >= 0.3 is 0 Å². The number of thiophene rings is 1. The Kier molecular flexibility index (Phi) is 8.40. The molecule has 1 aliphatic rings. The van der Waals surface area contributed by atoms with E-state index >= 15 is 0 Å². The highest BCUT2D eigenvalue weighted by Gasteiger charge is 2.22. The molecule has 142 valence electrons. The number of piperazine rings is 1. The summed E-state index contributed by atoms with van der Waals surface area (Å²) in [6.07, 6.45) is 1.15. The largest absolute Gasteiger partial charge is 0.341 e. The van der Waals surface area contributed by atoms with Crippen LogP contribution in [0.4, 0.5) is 0 Å². The molecule has 0 unspecified atom stereocenters. The fourth-order valence-corrected chi connectivity index (χ4v) is 4.04. The first-order valence-electron chi connectivity index (χ1n) is 9.69. The SMILES string of the molecule is CC(C)CN(CC(C)C)C(=O)CN1CCN(CCc2cccs2)CC1. The highest BCUT2D eigenvalue weighted by Crippen LogP contribution is 2.11. The van der Waals surface area contributed by atoms with Gasteiger partial charge in [-0.25, -0.2) is 0 Å². The Morgan fingerprint density at radius 1 is 1.08 bits per heavy atom. The van der Waals surface area contributed by atoms with E-state index in [1.54, 1.807) is 0 Å². The zero-order valence-electron chi connectivity index (χ0n) is 16.4. The second-order valence-electron chi connectivity index (χ2n) is 8.03. The van der Waals surface area contributed by atoms with Gasteiger partial charge in [0.05, 0.1) is 6.54 Å². The van der Waals surface area contributed by atoms with Crippen LogP contribution in [0.2, 0.25) is 0 Å². The van der Waals surface area contributed by atoms with E-state index in [9.17, 15) is 4.79 Å². The van der Waals surface area contributed by atoms with Crippen molar-refractivity contribution in [1.29, 1.82) is 0 Å². The highest BCUT2D eigenvalue weighted by molar-refractivity contribution is 7.09. The van der Waals surface area contributed by atoms with E-state index in [0.717, 1.165) is 52.2 Å². The van der Waals surface area contributed by atoms with Gasteiger partial charge in [-0.15, -0.1) is 11.3 Å². The molecule has 4 nitrogen and oxygen atoms in total. The molecule has 25 heavy (non-hydrogen) atoms. The van der Waals surface area contributed by atoms with Crippen molar-refractivity contribution >= 4 is 17.2 Å². The molecule has 0 spiro atoms. The Bertz CT molecular complexity index is 483. The van der Waals surface area contributed by atoms with E-state index in [1.165, 1.54) is 4.88 Å². The van der Waals surface area contributed by atoms with Crippen LogP contribution in [0.5, 0.6) is 0 Å². The number of nitrogens with zero attached hydrogens (tertiary/aromatic N) is 3. The molecular weight excluding hydrogens is 330 g/mol. The van der Waals surface area contributed by atoms with Crippen molar-refractivity contribution in [1.82, 2.24) is 14.7 Å². The predicted octanol–water partition coefficient (Wildman–Crippen LogP) is 3.05. The van der Waals surface area contributed by atoms with Crippen LogP contribution in [0.25, 0.3) is 0 Å². The second kappa shape index (κ2) is 10.3. The highest BCUT2D eigenvalue weighted by atomic mass is 32.1. The van der Waals surface area contributed by atoms with E-state index in [-0.39, 0.29) is 0 Å². The third-order valence-electron chi connectivity index (χ3n) is 4.60. The molecule has 1 amide bonds. The minimum absolute atomic E-state index is 0.300. The lowest BCUT2D eigenvalue weighted by Crippen LogP contribution is -2.51. The van der Waals surface area contributed by atoms with Gasteiger partial charge in [0.1, 0.15) is 0 Å². The van der Waals surface area contributed by atoms with Crippen LogP contribution in [-0.2, 0) is 11.2 Å². The molecule has 1 aromatic heterocycles.